The van der Waals surface area contributed by atoms with Gasteiger partial charge < -0.3 is 23.4 Å². The molecule has 112 heavy (non-hydrogen) atoms. The van der Waals surface area contributed by atoms with Gasteiger partial charge in [0.1, 0.15) is 11.2 Å². The van der Waals surface area contributed by atoms with Crippen molar-refractivity contribution < 1.29 is 4.42 Å². The van der Waals surface area contributed by atoms with Crippen LogP contribution >= 0.6 is 0 Å². The van der Waals surface area contributed by atoms with E-state index in [-0.39, 0.29) is 27.6 Å². The molecule has 5 nitrogen and oxygen atoms in total. The van der Waals surface area contributed by atoms with Gasteiger partial charge in [0.15, 0.2) is 0 Å². The predicted octanol–water partition coefficient (Wildman–Crippen LogP) is 30.1. The lowest BCUT2D eigenvalue weighted by atomic mass is 9.72. The van der Waals surface area contributed by atoms with E-state index in [4.69, 9.17) is 4.42 Å². The summed E-state index contributed by atoms with van der Waals surface area (Å²) in [7, 11) is 0. The fourth-order valence-corrected chi connectivity index (χ4v) is 18.4. The molecule has 0 radical (unpaired) electrons. The molecule has 3 aromatic heterocycles. The first-order valence-corrected chi connectivity index (χ1v) is 39.7. The average molecular weight is 1450 g/mol. The van der Waals surface area contributed by atoms with Gasteiger partial charge in [0.05, 0.1) is 56.2 Å². The second kappa shape index (κ2) is 25.4. The van der Waals surface area contributed by atoms with E-state index in [0.29, 0.717) is 0 Å². The Morgan fingerprint density at radius 1 is 0.259 bits per heavy atom. The standard InChI is InChI=1S/C107H90N4O/c1-104(2,3)72-42-32-41-70(57-72)71-49-54-89-85(58-71)98-79-53-52-77(109-87-55-50-73(105(4,5)6)59-83(87)84-60-74(106(7,8)9)51-56-88(84)109)63-90(79)111(103-82(67-35-20-14-21-36-67)65-95-100(80-46-29-31-48-94(80)112-95)97(103)69-39-24-16-25-40-69)92-62-75(107(10,11)12)61-91(101(92)98)110(89)102-81(66-33-18-13-19-34-66)64-93-99(96(102)68-37-22-15-23-38-68)78-45-28-30-47-86(78)108(93)76-43-26-17-27-44-76/h13-65,98H,1-12H3. The molecule has 0 amide bonds. The minimum Gasteiger partial charge on any atom is -0.456 e. The topological polar surface area (TPSA) is 29.5 Å². The number of anilines is 6. The van der Waals surface area contributed by atoms with Crippen LogP contribution in [0.3, 0.4) is 0 Å². The third-order valence-electron chi connectivity index (χ3n) is 24.1. The molecule has 0 bridgehead atoms. The molecule has 0 N–H and O–H groups in total. The fourth-order valence-electron chi connectivity index (χ4n) is 18.4. The molecule has 0 saturated carbocycles. The van der Waals surface area contributed by atoms with Crippen molar-refractivity contribution in [2.24, 2.45) is 0 Å². The third kappa shape index (κ3) is 10.9. The zero-order valence-electron chi connectivity index (χ0n) is 65.9. The summed E-state index contributed by atoms with van der Waals surface area (Å²) in [4.78, 5) is 5.48. The van der Waals surface area contributed by atoms with Gasteiger partial charge in [-0.1, -0.05) is 308 Å². The molecule has 2 aliphatic heterocycles. The van der Waals surface area contributed by atoms with Crippen molar-refractivity contribution >= 4 is 99.7 Å². The molecule has 5 heteroatoms. The molecule has 18 aromatic rings. The smallest absolute Gasteiger partial charge is 0.136 e. The van der Waals surface area contributed by atoms with Gasteiger partial charge in [-0.05, 0) is 185 Å². The van der Waals surface area contributed by atoms with Gasteiger partial charge in [0, 0.05) is 77.4 Å². The Bertz CT molecular complexity index is 6760. The molecule has 0 fully saturated rings. The summed E-state index contributed by atoms with van der Waals surface area (Å²) in [6.07, 6.45) is 0. The monoisotopic (exact) mass is 1450 g/mol. The minimum absolute atomic E-state index is 0.0774. The maximum absolute atomic E-state index is 7.22. The van der Waals surface area contributed by atoms with E-state index in [9.17, 15) is 0 Å². The number of hydrogen-bond acceptors (Lipinski definition) is 3. The van der Waals surface area contributed by atoms with Gasteiger partial charge in [-0.15, -0.1) is 0 Å². The van der Waals surface area contributed by atoms with Crippen LogP contribution in [0.1, 0.15) is 128 Å². The number of nitrogens with zero attached hydrogens (tertiary/aromatic N) is 4. The zero-order chi connectivity index (χ0) is 76.4. The Morgan fingerprint density at radius 3 is 1.30 bits per heavy atom. The highest BCUT2D eigenvalue weighted by atomic mass is 16.3. The summed E-state index contributed by atoms with van der Waals surface area (Å²) in [5.41, 5.74) is 34.5. The normalized spacial score (nSPS) is 13.8. The maximum atomic E-state index is 7.22. The van der Waals surface area contributed by atoms with E-state index in [1.54, 1.807) is 0 Å². The van der Waals surface area contributed by atoms with Gasteiger partial charge in [-0.2, -0.15) is 0 Å². The summed E-state index contributed by atoms with van der Waals surface area (Å²) in [5, 5.41) is 7.01. The number of rotatable bonds is 9. The largest absolute Gasteiger partial charge is 0.456 e. The first-order valence-electron chi connectivity index (χ1n) is 39.7. The summed E-state index contributed by atoms with van der Waals surface area (Å²) in [6.45, 7) is 28.2. The zero-order valence-corrected chi connectivity index (χ0v) is 65.9. The molecular formula is C107H90N4O. The molecular weight excluding hydrogens is 1360 g/mol. The molecule has 5 heterocycles. The van der Waals surface area contributed by atoms with Crippen molar-refractivity contribution in [3.63, 3.8) is 0 Å². The van der Waals surface area contributed by atoms with E-state index < -0.39 is 0 Å². The SMILES string of the molecule is CC(C)(C)c1cccc(-c2ccc3c(c2)C2c4ccc(-n5c6ccc(C(C)(C)C)cc6c6cc(C(C)(C)C)ccc65)cc4N(c4c(-c5ccccc5)cc5oc6ccccc6c5c4-c4ccccc4)c4cc(C(C)(C)C)cc(c42)N3c2c(-c3ccccc3)cc3c(c2-c2ccccc2)c2ccccc2n3-c2ccccc2)c1. The molecule has 1 unspecified atom stereocenters. The van der Waals surface area contributed by atoms with Crippen LogP contribution in [-0.4, -0.2) is 9.13 Å². The Morgan fingerprint density at radius 2 is 0.723 bits per heavy atom. The van der Waals surface area contributed by atoms with Crippen molar-refractivity contribution in [2.45, 2.75) is 111 Å². The summed E-state index contributed by atoms with van der Waals surface area (Å²) in [5.74, 6) is -0.305. The second-order valence-electron chi connectivity index (χ2n) is 35.2. The van der Waals surface area contributed by atoms with E-state index in [0.717, 1.165) is 123 Å². The van der Waals surface area contributed by atoms with Crippen molar-refractivity contribution in [1.82, 2.24) is 9.13 Å². The lowest BCUT2D eigenvalue weighted by molar-refractivity contribution is 0.589. The van der Waals surface area contributed by atoms with Crippen molar-refractivity contribution in [2.75, 3.05) is 9.80 Å². The molecule has 20 rings (SSSR count). The van der Waals surface area contributed by atoms with Crippen LogP contribution in [0.2, 0.25) is 0 Å². The summed E-state index contributed by atoms with van der Waals surface area (Å²) in [6, 6.07) is 122. The Hall–Kier alpha value is -12.7. The average Bonchev–Trinajstić information content (AvgIpc) is 0.820. The molecule has 15 aromatic carbocycles. The van der Waals surface area contributed by atoms with Gasteiger partial charge in [-0.3, -0.25) is 0 Å². The Kier molecular flexibility index (Phi) is 15.6. The number of benzene rings is 15. The number of hydrogen-bond donors (Lipinski definition) is 0. The van der Waals surface area contributed by atoms with E-state index in [1.165, 1.54) is 82.6 Å². The third-order valence-corrected chi connectivity index (χ3v) is 24.1. The lowest BCUT2D eigenvalue weighted by Crippen LogP contribution is -2.31. The molecule has 544 valence electrons. The van der Waals surface area contributed by atoms with Gasteiger partial charge in [-0.25, -0.2) is 0 Å². The van der Waals surface area contributed by atoms with Crippen LogP contribution in [0.4, 0.5) is 34.1 Å². The van der Waals surface area contributed by atoms with Crippen molar-refractivity contribution in [1.29, 1.82) is 0 Å². The summed E-state index contributed by atoms with van der Waals surface area (Å²) >= 11 is 0. The molecule has 2 aliphatic rings. The molecule has 1 atom stereocenters. The van der Waals surface area contributed by atoms with Crippen LogP contribution in [0.25, 0.3) is 133 Å². The van der Waals surface area contributed by atoms with Crippen molar-refractivity contribution in [3.05, 3.63) is 360 Å². The fraction of sp³-hybridized carbons (Fsp3) is 0.159. The first-order chi connectivity index (χ1) is 54.1. The van der Waals surface area contributed by atoms with Crippen molar-refractivity contribution in [3.8, 4) is 67.0 Å². The number of fused-ring (bicyclic) bond motifs is 13. The second-order valence-corrected chi connectivity index (χ2v) is 35.2. The van der Waals surface area contributed by atoms with Crippen LogP contribution in [0.15, 0.2) is 326 Å². The number of para-hydroxylation sites is 3. The number of aromatic nitrogens is 2. The van der Waals surface area contributed by atoms with Gasteiger partial charge >= 0.3 is 0 Å². The molecule has 0 spiro atoms. The van der Waals surface area contributed by atoms with E-state index >= 15 is 0 Å². The first kappa shape index (κ1) is 68.6. The molecule has 0 saturated heterocycles. The highest BCUT2D eigenvalue weighted by Gasteiger charge is 2.46. The lowest BCUT2D eigenvalue weighted by Gasteiger charge is -2.47. The number of furan rings is 1. The van der Waals surface area contributed by atoms with Gasteiger partial charge in [0.25, 0.3) is 0 Å². The Balaban J connectivity index is 0.995. The highest BCUT2D eigenvalue weighted by molar-refractivity contribution is 6.24. The van der Waals surface area contributed by atoms with Crippen LogP contribution < -0.4 is 9.80 Å². The predicted molar refractivity (Wildman–Crippen MR) is 475 cm³/mol. The Labute approximate surface area is 656 Å². The summed E-state index contributed by atoms with van der Waals surface area (Å²) < 4.78 is 12.3. The highest BCUT2D eigenvalue weighted by Crippen LogP contribution is 2.66. The quantitative estimate of drug-likeness (QED) is 0.144. The van der Waals surface area contributed by atoms with Crippen LogP contribution in [0, 0.1) is 0 Å². The molecule has 0 aliphatic carbocycles. The van der Waals surface area contributed by atoms with Gasteiger partial charge in [0.2, 0.25) is 0 Å². The minimum atomic E-state index is -0.379. The van der Waals surface area contributed by atoms with Crippen LogP contribution in [0.5, 0.6) is 0 Å². The maximum Gasteiger partial charge on any atom is 0.136 e. The van der Waals surface area contributed by atoms with E-state index in [2.05, 4.69) is 424 Å². The van der Waals surface area contributed by atoms with E-state index in [1.807, 2.05) is 0 Å². The van der Waals surface area contributed by atoms with Crippen LogP contribution in [-0.2, 0) is 21.7 Å².